The van der Waals surface area contributed by atoms with Gasteiger partial charge in [0.15, 0.2) is 18.5 Å². The first-order valence-corrected chi connectivity index (χ1v) is 24.4. The molecule has 1 aliphatic rings. The van der Waals surface area contributed by atoms with Gasteiger partial charge < -0.3 is 39.4 Å². The minimum atomic E-state index is -1.86. The molecule has 60 heavy (non-hydrogen) atoms. The Bertz CT molecular complexity index is 1100. The molecule has 0 bridgehead atoms. The van der Waals surface area contributed by atoms with Crippen LogP contribution in [0.1, 0.15) is 219 Å². The number of ether oxygens (including phenoxy) is 4. The summed E-state index contributed by atoms with van der Waals surface area (Å²) in [6.07, 6.45) is 35.2. The molecule has 6 unspecified atom stereocenters. The van der Waals surface area contributed by atoms with Crippen molar-refractivity contribution in [2.75, 3.05) is 13.2 Å². The quantitative estimate of drug-likeness (QED) is 0.0262. The molecular formula is C49H88O11. The molecule has 1 saturated heterocycles. The van der Waals surface area contributed by atoms with E-state index in [9.17, 15) is 34.8 Å². The molecule has 350 valence electrons. The van der Waals surface area contributed by atoms with Crippen LogP contribution in [0.2, 0.25) is 0 Å². The van der Waals surface area contributed by atoms with E-state index in [-0.39, 0.29) is 19.4 Å². The first kappa shape index (κ1) is 55.7. The highest BCUT2D eigenvalue weighted by molar-refractivity contribution is 5.73. The fourth-order valence-electron chi connectivity index (χ4n) is 7.40. The van der Waals surface area contributed by atoms with E-state index < -0.39 is 61.3 Å². The van der Waals surface area contributed by atoms with Crippen LogP contribution in [0.3, 0.4) is 0 Å². The Balaban J connectivity index is 2.30. The van der Waals surface area contributed by atoms with Gasteiger partial charge in [-0.3, -0.25) is 9.59 Å². The van der Waals surface area contributed by atoms with E-state index in [1.54, 1.807) is 0 Å². The van der Waals surface area contributed by atoms with Gasteiger partial charge in [-0.2, -0.15) is 0 Å². The van der Waals surface area contributed by atoms with Gasteiger partial charge in [-0.1, -0.05) is 167 Å². The van der Waals surface area contributed by atoms with Crippen molar-refractivity contribution in [1.29, 1.82) is 0 Å². The normalized spacial score (nSPS) is 19.9. The molecule has 0 radical (unpaired) electrons. The van der Waals surface area contributed by atoms with Crippen molar-refractivity contribution < 1.29 is 53.8 Å². The van der Waals surface area contributed by atoms with Crippen molar-refractivity contribution in [2.45, 2.75) is 256 Å². The lowest BCUT2D eigenvalue weighted by molar-refractivity contribution is -0.298. The second-order valence-corrected chi connectivity index (χ2v) is 16.9. The number of carbonyl (C=O) groups is 3. The molecule has 0 amide bonds. The van der Waals surface area contributed by atoms with Crippen LogP contribution in [0.15, 0.2) is 24.3 Å². The highest BCUT2D eigenvalue weighted by Gasteiger charge is 2.47. The van der Waals surface area contributed by atoms with E-state index in [0.717, 1.165) is 57.8 Å². The lowest BCUT2D eigenvalue weighted by atomic mass is 9.99. The number of hydrogen-bond donors (Lipinski definition) is 4. The maximum Gasteiger partial charge on any atom is 0.335 e. The van der Waals surface area contributed by atoms with Crippen LogP contribution in [-0.4, -0.2) is 88.4 Å². The van der Waals surface area contributed by atoms with E-state index in [0.29, 0.717) is 12.8 Å². The smallest absolute Gasteiger partial charge is 0.335 e. The third kappa shape index (κ3) is 30.7. The molecule has 0 saturated carbocycles. The van der Waals surface area contributed by atoms with Gasteiger partial charge in [-0.15, -0.1) is 0 Å². The SMILES string of the molecule is CCCCCC/C=C\CCCCCCCC(=O)OC(COC(=O)CCCCCCCCCCC/C=C\CCCCCCCCCC)COC1OC(C(=O)O)C(O)C(O)C1O. The lowest BCUT2D eigenvalue weighted by Crippen LogP contribution is -2.60. The largest absolute Gasteiger partial charge is 0.479 e. The summed E-state index contributed by atoms with van der Waals surface area (Å²) in [5, 5.41) is 39.8. The zero-order chi connectivity index (χ0) is 43.9. The van der Waals surface area contributed by atoms with Crippen LogP contribution in [0, 0.1) is 0 Å². The fraction of sp³-hybridized carbons (Fsp3) is 0.857. The molecule has 11 nitrogen and oxygen atoms in total. The molecule has 11 heteroatoms. The zero-order valence-electron chi connectivity index (χ0n) is 38.0. The first-order chi connectivity index (χ1) is 29.2. The lowest BCUT2D eigenvalue weighted by Gasteiger charge is -2.38. The zero-order valence-corrected chi connectivity index (χ0v) is 38.0. The number of aliphatic hydroxyl groups excluding tert-OH is 3. The van der Waals surface area contributed by atoms with E-state index in [4.69, 9.17) is 18.9 Å². The van der Waals surface area contributed by atoms with Gasteiger partial charge in [0, 0.05) is 12.8 Å². The molecule has 4 N–H and O–H groups in total. The van der Waals surface area contributed by atoms with Gasteiger partial charge in [-0.05, 0) is 64.2 Å². The summed E-state index contributed by atoms with van der Waals surface area (Å²) in [5.74, 6) is -2.45. The molecule has 1 rings (SSSR count). The second-order valence-electron chi connectivity index (χ2n) is 16.9. The number of carbonyl (C=O) groups excluding carboxylic acids is 2. The number of carboxylic acid groups (broad SMARTS) is 1. The van der Waals surface area contributed by atoms with Crippen LogP contribution >= 0.6 is 0 Å². The van der Waals surface area contributed by atoms with Gasteiger partial charge in [0.05, 0.1) is 6.61 Å². The van der Waals surface area contributed by atoms with E-state index in [1.165, 1.54) is 122 Å². The molecular weight excluding hydrogens is 765 g/mol. The Morgan fingerprint density at radius 2 is 0.883 bits per heavy atom. The Morgan fingerprint density at radius 1 is 0.500 bits per heavy atom. The minimum Gasteiger partial charge on any atom is -0.479 e. The van der Waals surface area contributed by atoms with Crippen LogP contribution in [-0.2, 0) is 33.3 Å². The van der Waals surface area contributed by atoms with Crippen molar-refractivity contribution in [3.05, 3.63) is 24.3 Å². The fourth-order valence-corrected chi connectivity index (χ4v) is 7.40. The van der Waals surface area contributed by atoms with Crippen LogP contribution in [0.4, 0.5) is 0 Å². The van der Waals surface area contributed by atoms with E-state index in [1.807, 2.05) is 0 Å². The molecule has 6 atom stereocenters. The first-order valence-electron chi connectivity index (χ1n) is 24.4. The van der Waals surface area contributed by atoms with Gasteiger partial charge >= 0.3 is 17.9 Å². The number of unbranched alkanes of at least 4 members (excludes halogenated alkanes) is 26. The third-order valence-electron chi connectivity index (χ3n) is 11.3. The Morgan fingerprint density at radius 3 is 1.32 bits per heavy atom. The monoisotopic (exact) mass is 853 g/mol. The number of allylic oxidation sites excluding steroid dienone is 4. The number of carboxylic acids is 1. The highest BCUT2D eigenvalue weighted by atomic mass is 16.7. The van der Waals surface area contributed by atoms with Crippen molar-refractivity contribution in [3.8, 4) is 0 Å². The number of aliphatic hydroxyl groups is 3. The summed E-state index contributed by atoms with van der Waals surface area (Å²) in [4.78, 5) is 36.9. The predicted octanol–water partition coefficient (Wildman–Crippen LogP) is 11.0. The standard InChI is InChI=1S/C49H88O11/c1-3-5-7-9-11-13-15-17-18-19-20-21-22-23-24-26-27-29-31-33-35-37-42(50)57-39-41(40-58-49-46(54)44(52)45(53)47(60-49)48(55)56)59-43(51)38-36-34-32-30-28-25-16-14-12-10-8-6-4-2/h14,16,19-20,41,44-47,49,52-54H,3-13,15,17-18,21-40H2,1-2H3,(H,55,56)/b16-14-,20-19-. The second kappa shape index (κ2) is 39.5. The molecule has 1 heterocycles. The minimum absolute atomic E-state index is 0.174. The van der Waals surface area contributed by atoms with Gasteiger partial charge in [-0.25, -0.2) is 4.79 Å². The van der Waals surface area contributed by atoms with Crippen molar-refractivity contribution in [1.82, 2.24) is 0 Å². The average molecular weight is 853 g/mol. The maximum absolute atomic E-state index is 12.8. The highest BCUT2D eigenvalue weighted by Crippen LogP contribution is 2.23. The van der Waals surface area contributed by atoms with Crippen LogP contribution < -0.4 is 0 Å². The topological polar surface area (TPSA) is 169 Å². The summed E-state index contributed by atoms with van der Waals surface area (Å²) >= 11 is 0. The van der Waals surface area contributed by atoms with Crippen molar-refractivity contribution in [2.24, 2.45) is 0 Å². The molecule has 1 aliphatic heterocycles. The summed E-state index contributed by atoms with van der Waals surface area (Å²) in [5.41, 5.74) is 0. The van der Waals surface area contributed by atoms with Gasteiger partial charge in [0.1, 0.15) is 24.9 Å². The van der Waals surface area contributed by atoms with Gasteiger partial charge in [0.2, 0.25) is 0 Å². The molecule has 0 aromatic rings. The summed E-state index contributed by atoms with van der Waals surface area (Å²) in [6, 6.07) is 0. The van der Waals surface area contributed by atoms with Crippen LogP contribution in [0.5, 0.6) is 0 Å². The van der Waals surface area contributed by atoms with E-state index in [2.05, 4.69) is 38.2 Å². The van der Waals surface area contributed by atoms with Crippen molar-refractivity contribution in [3.63, 3.8) is 0 Å². The molecule has 1 fully saturated rings. The molecule has 0 aromatic carbocycles. The van der Waals surface area contributed by atoms with E-state index >= 15 is 0 Å². The summed E-state index contributed by atoms with van der Waals surface area (Å²) in [7, 11) is 0. The Labute approximate surface area is 364 Å². The number of hydrogen-bond acceptors (Lipinski definition) is 10. The van der Waals surface area contributed by atoms with Crippen LogP contribution in [0.25, 0.3) is 0 Å². The number of aliphatic carboxylic acids is 1. The van der Waals surface area contributed by atoms with Gasteiger partial charge in [0.25, 0.3) is 0 Å². The summed E-state index contributed by atoms with van der Waals surface area (Å²) < 4.78 is 21.8. The van der Waals surface area contributed by atoms with Crippen molar-refractivity contribution >= 4 is 17.9 Å². The maximum atomic E-state index is 12.8. The Kier molecular flexibility index (Phi) is 36.7. The Hall–Kier alpha value is -2.31. The average Bonchev–Trinajstić information content (AvgIpc) is 3.23. The third-order valence-corrected chi connectivity index (χ3v) is 11.3. The molecule has 0 aliphatic carbocycles. The molecule has 0 aromatic heterocycles. The number of rotatable bonds is 41. The summed E-state index contributed by atoms with van der Waals surface area (Å²) in [6.45, 7) is 3.80. The number of esters is 2. The predicted molar refractivity (Wildman–Crippen MR) is 238 cm³/mol. The molecule has 0 spiro atoms.